The Morgan fingerprint density at radius 2 is 1.76 bits per heavy atom. The molecule has 0 saturated heterocycles. The van der Waals surface area contributed by atoms with Crippen molar-refractivity contribution < 1.29 is 33.3 Å². The molecule has 3 fully saturated rings. The van der Waals surface area contributed by atoms with Gasteiger partial charge in [0, 0.05) is 0 Å². The van der Waals surface area contributed by atoms with Crippen molar-refractivity contribution in [1.82, 2.24) is 0 Å². The number of ether oxygens (including phenoxy) is 3. The highest BCUT2D eigenvalue weighted by Crippen LogP contribution is 2.67. The summed E-state index contributed by atoms with van der Waals surface area (Å²) < 4.78 is 39.0. The molecule has 0 aliphatic heterocycles. The van der Waals surface area contributed by atoms with E-state index < -0.39 is 28.2 Å². The minimum absolute atomic E-state index is 0.135. The van der Waals surface area contributed by atoms with Crippen LogP contribution in [0.4, 0.5) is 0 Å². The third-order valence-electron chi connectivity index (χ3n) is 12.0. The Morgan fingerprint density at radius 3 is 2.48 bits per heavy atom. The molecule has 4 aliphatic carbocycles. The van der Waals surface area contributed by atoms with Crippen molar-refractivity contribution in [2.75, 3.05) is 33.0 Å². The zero-order valence-electron chi connectivity index (χ0n) is 26.8. The molecule has 0 aromatic carbocycles. The van der Waals surface area contributed by atoms with Crippen molar-refractivity contribution in [3.05, 3.63) is 11.6 Å². The second-order valence-electron chi connectivity index (χ2n) is 14.8. The minimum atomic E-state index is -3.02. The highest BCUT2D eigenvalue weighted by Gasteiger charge is 2.59. The lowest BCUT2D eigenvalue weighted by molar-refractivity contribution is -0.0692. The van der Waals surface area contributed by atoms with Crippen LogP contribution in [-0.4, -0.2) is 54.2 Å². The van der Waals surface area contributed by atoms with Crippen molar-refractivity contribution in [2.45, 2.75) is 116 Å². The molecule has 10 atom stereocenters. The molecule has 0 heterocycles. The summed E-state index contributed by atoms with van der Waals surface area (Å²) in [5, 5.41) is 7.46. The molecule has 240 valence electrons. The van der Waals surface area contributed by atoms with Gasteiger partial charge in [0.05, 0.1) is 32.5 Å². The van der Waals surface area contributed by atoms with E-state index in [1.807, 2.05) is 0 Å². The molecular weight excluding hydrogens is 570 g/mol. The lowest BCUT2D eigenvalue weighted by Gasteiger charge is -2.58. The van der Waals surface area contributed by atoms with Crippen LogP contribution < -0.4 is 0 Å². The summed E-state index contributed by atoms with van der Waals surface area (Å²) in [6, 6.07) is 0. The van der Waals surface area contributed by atoms with Gasteiger partial charge in [0.25, 0.3) is 8.46 Å². The fraction of sp³-hybridized carbons (Fsp3) is 0.939. The van der Waals surface area contributed by atoms with Crippen LogP contribution in [0.25, 0.3) is 0 Å². The quantitative estimate of drug-likeness (QED) is 0.101. The molecule has 3 saturated carbocycles. The Kier molecular flexibility index (Phi) is 12.3. The van der Waals surface area contributed by atoms with E-state index >= 15 is 0 Å². The fourth-order valence-electron chi connectivity index (χ4n) is 9.61. The monoisotopic (exact) mass is 627 g/mol. The zero-order valence-corrected chi connectivity index (χ0v) is 28.6. The van der Waals surface area contributed by atoms with Gasteiger partial charge in [0.1, 0.15) is 6.61 Å². The highest BCUT2D eigenvalue weighted by molar-refractivity contribution is 7.53. The van der Waals surface area contributed by atoms with Gasteiger partial charge >= 0.3 is 13.1 Å². The van der Waals surface area contributed by atoms with Gasteiger partial charge in [-0.3, -0.25) is 4.57 Å². The van der Waals surface area contributed by atoms with Crippen LogP contribution >= 0.6 is 16.5 Å². The number of allylic oxidation sites excluding steroid dienone is 1. The number of rotatable bonds is 16. The van der Waals surface area contributed by atoms with Crippen LogP contribution in [0, 0.1) is 46.3 Å². The molecule has 4 aliphatic rings. The normalized spacial score (nSPS) is 37.0. The molecule has 2 unspecified atom stereocenters. The average Bonchev–Trinajstić information content (AvgIpc) is 3.31. The van der Waals surface area contributed by atoms with Crippen LogP contribution in [-0.2, 0) is 23.3 Å². The van der Waals surface area contributed by atoms with E-state index in [1.165, 1.54) is 57.8 Å². The topological polar surface area (TPSA) is 102 Å². The summed E-state index contributed by atoms with van der Waals surface area (Å²) >= 11 is 0. The number of hydrogen-bond acceptors (Lipinski definition) is 6. The lowest BCUT2D eigenvalue weighted by atomic mass is 9.47. The zero-order chi connectivity index (χ0) is 30.5. The largest absolute Gasteiger partial charge is 0.556 e. The van der Waals surface area contributed by atoms with Crippen LogP contribution in [0.3, 0.4) is 0 Å². The Labute approximate surface area is 257 Å². The first-order valence-corrected chi connectivity index (χ1v) is 18.7. The molecule has 42 heavy (non-hydrogen) atoms. The second-order valence-corrected chi connectivity index (χ2v) is 17.4. The van der Waals surface area contributed by atoms with E-state index in [9.17, 15) is 14.2 Å². The van der Waals surface area contributed by atoms with E-state index in [0.29, 0.717) is 24.0 Å². The van der Waals surface area contributed by atoms with Gasteiger partial charge in [-0.15, -0.1) is 0 Å². The van der Waals surface area contributed by atoms with Crippen molar-refractivity contribution in [2.24, 2.45) is 46.3 Å². The maximum atomic E-state index is 11.1. The first-order chi connectivity index (χ1) is 19.9. The molecule has 0 aromatic rings. The highest BCUT2D eigenvalue weighted by atomic mass is 31.2. The van der Waals surface area contributed by atoms with Gasteiger partial charge in [0.2, 0.25) is 0 Å². The Bertz CT molecular complexity index is 959. The lowest BCUT2D eigenvalue weighted by Crippen LogP contribution is -2.51. The Hall–Kier alpha value is -0.260. The second kappa shape index (κ2) is 14.9. The van der Waals surface area contributed by atoms with Crippen LogP contribution in [0.5, 0.6) is 0 Å². The average molecular weight is 628 g/mol. The summed E-state index contributed by atoms with van der Waals surface area (Å²) in [6.45, 7) is 13.4. The van der Waals surface area contributed by atoms with Crippen LogP contribution in [0.15, 0.2) is 11.6 Å². The predicted molar refractivity (Wildman–Crippen MR) is 167 cm³/mol. The van der Waals surface area contributed by atoms with E-state index in [1.54, 1.807) is 5.57 Å². The molecule has 0 radical (unpaired) electrons. The fourth-order valence-corrected chi connectivity index (χ4v) is 10.2. The van der Waals surface area contributed by atoms with E-state index in [2.05, 4.69) is 40.7 Å². The van der Waals surface area contributed by atoms with E-state index in [4.69, 9.17) is 19.1 Å². The standard InChI is InChI=1S/C33H56O7P2/c1-23(2)7-6-8-24(3)28-11-12-29-27-10-9-25-21-26(13-15-31(25,4)30(27)14-16-32(28,29)5)40-20-19-38-17-18-39-22-33(34,41-35)42(36)37/h9,23-24,26-30,34H,6-8,10-22H2,1-5H3/p+1/t24-,26+,27+,28-,29+,30+,31+,32-,33?/m1/s1. The van der Waals surface area contributed by atoms with Crippen molar-refractivity contribution in [3.8, 4) is 0 Å². The summed E-state index contributed by atoms with van der Waals surface area (Å²) in [7, 11) is -3.85. The number of aliphatic hydroxyl groups is 1. The maximum Gasteiger partial charge on any atom is 0.556 e. The van der Waals surface area contributed by atoms with Gasteiger partial charge < -0.3 is 19.3 Å². The third-order valence-corrected chi connectivity index (χ3v) is 13.9. The Morgan fingerprint density at radius 1 is 1.02 bits per heavy atom. The van der Waals surface area contributed by atoms with Gasteiger partial charge in [-0.1, -0.05) is 65.5 Å². The molecule has 9 heteroatoms. The predicted octanol–water partition coefficient (Wildman–Crippen LogP) is 8.12. The van der Waals surface area contributed by atoms with Gasteiger partial charge in [-0.2, -0.15) is 4.89 Å². The van der Waals surface area contributed by atoms with Gasteiger partial charge in [-0.05, 0) is 102 Å². The molecule has 0 aromatic heterocycles. The first kappa shape index (κ1) is 34.6. The SMILES string of the molecule is CC(C)CCC[C@@H](C)[C@H]1CC[C@H]2[C@@H]3CC=C4C[C@@H](OCCOCCOCC(O)(P=O)[P+](=O)O)CC[C@]4(C)[C@H]3CC[C@]12C. The van der Waals surface area contributed by atoms with Crippen molar-refractivity contribution in [3.63, 3.8) is 0 Å². The van der Waals surface area contributed by atoms with Crippen molar-refractivity contribution >= 4 is 16.5 Å². The molecular formula is C33H57O7P2+. The van der Waals surface area contributed by atoms with Crippen LogP contribution in [0.1, 0.15) is 105 Å². The summed E-state index contributed by atoms with van der Waals surface area (Å²) in [6.07, 6.45) is 17.3. The summed E-state index contributed by atoms with van der Waals surface area (Å²) in [4.78, 5) is 9.04. The molecule has 2 N–H and O–H groups in total. The molecule has 4 rings (SSSR count). The number of hydrogen-bond donors (Lipinski definition) is 2. The first-order valence-electron chi connectivity index (χ1n) is 16.6. The maximum absolute atomic E-state index is 11.1. The summed E-state index contributed by atoms with van der Waals surface area (Å²) in [5.41, 5.74) is 2.49. The molecule has 0 spiro atoms. The molecule has 0 bridgehead atoms. The Balaban J connectivity index is 1.22. The number of fused-ring (bicyclic) bond motifs is 5. The third kappa shape index (κ3) is 7.57. The van der Waals surface area contributed by atoms with Crippen LogP contribution in [0.2, 0.25) is 0 Å². The molecule has 7 nitrogen and oxygen atoms in total. The van der Waals surface area contributed by atoms with Gasteiger partial charge in [0.15, 0.2) is 0 Å². The summed E-state index contributed by atoms with van der Waals surface area (Å²) in [5.74, 6) is 5.13. The minimum Gasteiger partial charge on any atom is -0.377 e. The van der Waals surface area contributed by atoms with E-state index in [0.717, 1.165) is 48.3 Å². The molecule has 0 amide bonds. The smallest absolute Gasteiger partial charge is 0.377 e. The van der Waals surface area contributed by atoms with Crippen molar-refractivity contribution in [1.29, 1.82) is 0 Å². The van der Waals surface area contributed by atoms with E-state index in [-0.39, 0.29) is 19.3 Å². The van der Waals surface area contributed by atoms with Gasteiger partial charge in [-0.25, -0.2) is 0 Å².